The van der Waals surface area contributed by atoms with Crippen molar-refractivity contribution in [1.29, 1.82) is 0 Å². The van der Waals surface area contributed by atoms with E-state index in [2.05, 4.69) is 0 Å². The fourth-order valence-corrected chi connectivity index (χ4v) is 1.72. The third-order valence-corrected chi connectivity index (χ3v) is 2.79. The van der Waals surface area contributed by atoms with Gasteiger partial charge in [0.15, 0.2) is 23.1 Å². The van der Waals surface area contributed by atoms with Crippen LogP contribution in [-0.2, 0) is 13.2 Å². The predicted octanol–water partition coefficient (Wildman–Crippen LogP) is 3.04. The molecule has 0 radical (unpaired) electrons. The third-order valence-electron chi connectivity index (χ3n) is 2.79. The second kappa shape index (κ2) is 6.34. The van der Waals surface area contributed by atoms with E-state index in [4.69, 9.17) is 14.6 Å². The highest BCUT2D eigenvalue weighted by Crippen LogP contribution is 2.28. The molecule has 0 spiro atoms. The SMILES string of the molecule is COc1cc(CO)ccc1OCc1ccc(F)c(F)c1. The first-order valence-corrected chi connectivity index (χ1v) is 5.98. The molecule has 0 saturated carbocycles. The molecule has 1 N–H and O–H groups in total. The third kappa shape index (κ3) is 3.24. The van der Waals surface area contributed by atoms with Crippen LogP contribution in [0.15, 0.2) is 36.4 Å². The molecule has 0 fully saturated rings. The van der Waals surface area contributed by atoms with E-state index in [0.29, 0.717) is 22.6 Å². The highest BCUT2D eigenvalue weighted by molar-refractivity contribution is 5.42. The molecular formula is C15H14F2O3. The summed E-state index contributed by atoms with van der Waals surface area (Å²) in [6.45, 7) is -0.00809. The van der Waals surface area contributed by atoms with Gasteiger partial charge in [0.2, 0.25) is 0 Å². The van der Waals surface area contributed by atoms with Crippen LogP contribution < -0.4 is 9.47 Å². The Kier molecular flexibility index (Phi) is 4.53. The van der Waals surface area contributed by atoms with Gasteiger partial charge in [-0.05, 0) is 35.4 Å². The van der Waals surface area contributed by atoms with Crippen LogP contribution in [-0.4, -0.2) is 12.2 Å². The van der Waals surface area contributed by atoms with Crippen LogP contribution in [0.2, 0.25) is 0 Å². The van der Waals surface area contributed by atoms with Gasteiger partial charge < -0.3 is 14.6 Å². The van der Waals surface area contributed by atoms with Crippen LogP contribution in [0.25, 0.3) is 0 Å². The minimum atomic E-state index is -0.909. The van der Waals surface area contributed by atoms with E-state index < -0.39 is 11.6 Å². The Morgan fingerprint density at radius 2 is 1.70 bits per heavy atom. The second-order valence-corrected chi connectivity index (χ2v) is 4.18. The Morgan fingerprint density at radius 1 is 0.950 bits per heavy atom. The van der Waals surface area contributed by atoms with E-state index in [-0.39, 0.29) is 13.2 Å². The zero-order valence-corrected chi connectivity index (χ0v) is 10.9. The summed E-state index contributed by atoms with van der Waals surface area (Å²) in [5.41, 5.74) is 1.21. The average Bonchev–Trinajstić information content (AvgIpc) is 2.48. The van der Waals surface area contributed by atoms with Gasteiger partial charge in [-0.1, -0.05) is 12.1 Å². The van der Waals surface area contributed by atoms with Crippen molar-refractivity contribution in [3.63, 3.8) is 0 Å². The number of hydrogen-bond donors (Lipinski definition) is 1. The number of rotatable bonds is 5. The Balaban J connectivity index is 2.12. The van der Waals surface area contributed by atoms with Crippen molar-refractivity contribution < 1.29 is 23.4 Å². The van der Waals surface area contributed by atoms with E-state index in [1.807, 2.05) is 0 Å². The summed E-state index contributed by atoms with van der Waals surface area (Å²) in [7, 11) is 1.49. The maximum Gasteiger partial charge on any atom is 0.161 e. The van der Waals surface area contributed by atoms with Crippen molar-refractivity contribution in [2.75, 3.05) is 7.11 Å². The molecule has 0 aliphatic carbocycles. The van der Waals surface area contributed by atoms with Crippen molar-refractivity contribution in [3.05, 3.63) is 59.2 Å². The minimum absolute atomic E-state index is 0.0893. The molecule has 0 aromatic heterocycles. The van der Waals surface area contributed by atoms with Crippen molar-refractivity contribution in [3.8, 4) is 11.5 Å². The summed E-state index contributed by atoms with van der Waals surface area (Å²) < 4.78 is 36.5. The molecule has 2 aromatic carbocycles. The molecule has 2 aromatic rings. The molecule has 0 aliphatic rings. The van der Waals surface area contributed by atoms with Crippen LogP contribution in [0.3, 0.4) is 0 Å². The molecule has 0 atom stereocenters. The first kappa shape index (κ1) is 14.3. The Hall–Kier alpha value is -2.14. The summed E-state index contributed by atoms with van der Waals surface area (Å²) in [5.74, 6) is -0.860. The lowest BCUT2D eigenvalue weighted by Gasteiger charge is -2.12. The number of benzene rings is 2. The monoisotopic (exact) mass is 280 g/mol. The van der Waals surface area contributed by atoms with Crippen LogP contribution in [0.4, 0.5) is 8.78 Å². The Morgan fingerprint density at radius 3 is 2.35 bits per heavy atom. The number of hydrogen-bond acceptors (Lipinski definition) is 3. The van der Waals surface area contributed by atoms with Crippen molar-refractivity contribution in [2.24, 2.45) is 0 Å². The van der Waals surface area contributed by atoms with Gasteiger partial charge in [0.25, 0.3) is 0 Å². The predicted molar refractivity (Wildman–Crippen MR) is 69.6 cm³/mol. The summed E-state index contributed by atoms with van der Waals surface area (Å²) in [4.78, 5) is 0. The van der Waals surface area contributed by atoms with Gasteiger partial charge in [-0.25, -0.2) is 8.78 Å². The van der Waals surface area contributed by atoms with E-state index in [1.165, 1.54) is 13.2 Å². The first-order chi connectivity index (χ1) is 9.63. The maximum atomic E-state index is 13.1. The molecule has 0 saturated heterocycles. The van der Waals surface area contributed by atoms with Crippen molar-refractivity contribution >= 4 is 0 Å². The van der Waals surface area contributed by atoms with Crippen LogP contribution >= 0.6 is 0 Å². The lowest BCUT2D eigenvalue weighted by atomic mass is 10.2. The van der Waals surface area contributed by atoms with Crippen LogP contribution in [0.5, 0.6) is 11.5 Å². The van der Waals surface area contributed by atoms with Gasteiger partial charge in [0, 0.05) is 0 Å². The normalized spacial score (nSPS) is 10.4. The summed E-state index contributed by atoms with van der Waals surface area (Å²) >= 11 is 0. The molecule has 0 heterocycles. The summed E-state index contributed by atoms with van der Waals surface area (Å²) in [6.07, 6.45) is 0. The lowest BCUT2D eigenvalue weighted by Crippen LogP contribution is -1.99. The van der Waals surface area contributed by atoms with Gasteiger partial charge >= 0.3 is 0 Å². The zero-order chi connectivity index (χ0) is 14.5. The van der Waals surface area contributed by atoms with Gasteiger partial charge in [0.05, 0.1) is 13.7 Å². The molecule has 2 rings (SSSR count). The standard InChI is InChI=1S/C15H14F2O3/c1-19-15-7-10(8-18)3-5-14(15)20-9-11-2-4-12(16)13(17)6-11/h2-7,18H,8-9H2,1H3. The van der Waals surface area contributed by atoms with E-state index >= 15 is 0 Å². The van der Waals surface area contributed by atoms with E-state index in [9.17, 15) is 8.78 Å². The fraction of sp³-hybridized carbons (Fsp3) is 0.200. The Labute approximate surface area is 115 Å². The van der Waals surface area contributed by atoms with Crippen LogP contribution in [0.1, 0.15) is 11.1 Å². The molecular weight excluding hydrogens is 266 g/mol. The molecule has 20 heavy (non-hydrogen) atoms. The van der Waals surface area contributed by atoms with Gasteiger partial charge in [-0.2, -0.15) is 0 Å². The number of methoxy groups -OCH3 is 1. The zero-order valence-electron chi connectivity index (χ0n) is 10.9. The highest BCUT2D eigenvalue weighted by Gasteiger charge is 2.07. The number of aliphatic hydroxyl groups is 1. The average molecular weight is 280 g/mol. The van der Waals surface area contributed by atoms with Crippen molar-refractivity contribution in [1.82, 2.24) is 0 Å². The van der Waals surface area contributed by atoms with Gasteiger partial charge in [-0.15, -0.1) is 0 Å². The van der Waals surface area contributed by atoms with Gasteiger partial charge in [0.1, 0.15) is 6.61 Å². The van der Waals surface area contributed by atoms with E-state index in [1.54, 1.807) is 18.2 Å². The fourth-order valence-electron chi connectivity index (χ4n) is 1.72. The second-order valence-electron chi connectivity index (χ2n) is 4.18. The van der Waals surface area contributed by atoms with Crippen molar-refractivity contribution in [2.45, 2.75) is 13.2 Å². The smallest absolute Gasteiger partial charge is 0.161 e. The van der Waals surface area contributed by atoms with Crippen LogP contribution in [0, 0.1) is 11.6 Å². The number of halogens is 2. The Bertz CT molecular complexity index is 600. The summed E-state index contributed by atoms with van der Waals surface area (Å²) in [6, 6.07) is 8.60. The molecule has 3 nitrogen and oxygen atoms in total. The molecule has 5 heteroatoms. The van der Waals surface area contributed by atoms with Gasteiger partial charge in [-0.3, -0.25) is 0 Å². The van der Waals surface area contributed by atoms with E-state index in [0.717, 1.165) is 12.1 Å². The molecule has 0 unspecified atom stereocenters. The highest BCUT2D eigenvalue weighted by atomic mass is 19.2. The molecule has 106 valence electrons. The number of aliphatic hydroxyl groups excluding tert-OH is 1. The maximum absolute atomic E-state index is 13.1. The number of ether oxygens (including phenoxy) is 2. The molecule has 0 aliphatic heterocycles. The molecule has 0 bridgehead atoms. The topological polar surface area (TPSA) is 38.7 Å². The molecule has 0 amide bonds. The minimum Gasteiger partial charge on any atom is -0.493 e. The lowest BCUT2D eigenvalue weighted by molar-refractivity contribution is 0.274. The first-order valence-electron chi connectivity index (χ1n) is 5.98. The quantitative estimate of drug-likeness (QED) is 0.915. The summed E-state index contributed by atoms with van der Waals surface area (Å²) in [5, 5.41) is 9.04. The largest absolute Gasteiger partial charge is 0.493 e.